The molecule has 1 saturated carbocycles. The number of hydrogen-bond donors (Lipinski definition) is 2. The molecular weight excluding hydrogens is 458 g/mol. The van der Waals surface area contributed by atoms with Crippen molar-refractivity contribution in [2.24, 2.45) is 0 Å². The average molecular weight is 490 g/mol. The minimum Gasteiger partial charge on any atom is -0.349 e. The number of aryl methyl sites for hydroxylation is 1. The van der Waals surface area contributed by atoms with E-state index in [0.29, 0.717) is 23.5 Å². The van der Waals surface area contributed by atoms with Crippen molar-refractivity contribution < 1.29 is 4.79 Å². The Balaban J connectivity index is 1.39. The smallest absolute Gasteiger partial charge is 0.258 e. The van der Waals surface area contributed by atoms with Gasteiger partial charge in [-0.25, -0.2) is 0 Å². The van der Waals surface area contributed by atoms with Gasteiger partial charge in [0.1, 0.15) is 0 Å². The Morgan fingerprint density at radius 1 is 1.00 bits per heavy atom. The summed E-state index contributed by atoms with van der Waals surface area (Å²) in [4.78, 5) is 26.3. The Morgan fingerprint density at radius 3 is 2.51 bits per heavy atom. The van der Waals surface area contributed by atoms with Crippen LogP contribution in [0.2, 0.25) is 0 Å². The molecule has 0 radical (unpaired) electrons. The lowest BCUT2D eigenvalue weighted by atomic mass is 9.95. The van der Waals surface area contributed by atoms with Gasteiger partial charge in [0.2, 0.25) is 0 Å². The minimum atomic E-state index is -0.0367. The van der Waals surface area contributed by atoms with Crippen LogP contribution in [0.5, 0.6) is 0 Å². The number of amides is 1. The molecule has 5 heteroatoms. The monoisotopic (exact) mass is 489 g/mol. The lowest BCUT2D eigenvalue weighted by molar-refractivity contribution is 0.0951. The van der Waals surface area contributed by atoms with Crippen molar-refractivity contribution in [1.82, 2.24) is 15.2 Å². The highest BCUT2D eigenvalue weighted by molar-refractivity contribution is 6.00. The second kappa shape index (κ2) is 9.83. The van der Waals surface area contributed by atoms with Gasteiger partial charge in [0.25, 0.3) is 11.5 Å². The summed E-state index contributed by atoms with van der Waals surface area (Å²) in [7, 11) is 0. The molecule has 37 heavy (non-hydrogen) atoms. The topological polar surface area (TPSA) is 63.1 Å². The van der Waals surface area contributed by atoms with Crippen LogP contribution < -0.4 is 16.2 Å². The third kappa shape index (κ3) is 4.87. The molecule has 6 rings (SSSR count). The van der Waals surface area contributed by atoms with Crippen LogP contribution in [0.1, 0.15) is 46.3 Å². The molecule has 1 aromatic heterocycles. The van der Waals surface area contributed by atoms with Crippen LogP contribution in [0.4, 0.5) is 0 Å². The fraction of sp³-hybridized carbons (Fsp3) is 0.250. The molecule has 0 bridgehead atoms. The fourth-order valence-electron chi connectivity index (χ4n) is 5.13. The predicted octanol–water partition coefficient (Wildman–Crippen LogP) is 5.29. The van der Waals surface area contributed by atoms with E-state index in [4.69, 9.17) is 0 Å². The molecule has 1 aliphatic heterocycles. The number of carbonyl (C=O) groups is 1. The van der Waals surface area contributed by atoms with Crippen LogP contribution in [-0.4, -0.2) is 29.6 Å². The van der Waals surface area contributed by atoms with Gasteiger partial charge < -0.3 is 15.2 Å². The molecule has 3 aromatic carbocycles. The van der Waals surface area contributed by atoms with Crippen LogP contribution >= 0.6 is 0 Å². The summed E-state index contributed by atoms with van der Waals surface area (Å²) in [6.45, 7) is 4.45. The Bertz CT molecular complexity index is 1580. The molecule has 0 spiro atoms. The Labute approximate surface area is 216 Å². The predicted molar refractivity (Wildman–Crippen MR) is 150 cm³/mol. The first-order valence-electron chi connectivity index (χ1n) is 13.1. The van der Waals surface area contributed by atoms with Crippen molar-refractivity contribution in [3.05, 3.63) is 112 Å². The van der Waals surface area contributed by atoms with Gasteiger partial charge >= 0.3 is 0 Å². The standard InChI is InChI=1S/C32H31N3O2/c1-21-6-9-25(31(36)34-26-12-13-26)18-29(21)30-20-35(32(37)28-5-3-2-4-27(28)30)19-22-7-10-23(11-8-22)24-14-16-33-17-15-24/h2-11,14,18,20,26,33H,12-13,15-17,19H2,1H3,(H,34,36). The molecule has 5 nitrogen and oxygen atoms in total. The largest absolute Gasteiger partial charge is 0.349 e. The van der Waals surface area contributed by atoms with Crippen LogP contribution in [0.25, 0.3) is 27.5 Å². The number of rotatable bonds is 6. The zero-order chi connectivity index (χ0) is 25.4. The summed E-state index contributed by atoms with van der Waals surface area (Å²) in [5.74, 6) is -0.0367. The first-order chi connectivity index (χ1) is 18.1. The van der Waals surface area contributed by atoms with Gasteiger partial charge in [-0.2, -0.15) is 0 Å². The summed E-state index contributed by atoms with van der Waals surface area (Å²) < 4.78 is 1.80. The number of nitrogens with zero attached hydrogens (tertiary/aromatic N) is 1. The molecule has 186 valence electrons. The summed E-state index contributed by atoms with van der Waals surface area (Å²) in [6, 6.07) is 22.5. The highest BCUT2D eigenvalue weighted by Gasteiger charge is 2.24. The van der Waals surface area contributed by atoms with Crippen LogP contribution in [0.15, 0.2) is 83.8 Å². The maximum atomic E-state index is 13.5. The SMILES string of the molecule is Cc1ccc(C(=O)NC2CC2)cc1-c1cn(Cc2ccc(C3=CCNCC3)cc2)c(=O)c2ccccc12. The summed E-state index contributed by atoms with van der Waals surface area (Å²) in [6.07, 6.45) is 7.34. The van der Waals surface area contributed by atoms with Crippen molar-refractivity contribution in [2.45, 2.75) is 38.8 Å². The molecular formula is C32H31N3O2. The van der Waals surface area contributed by atoms with Crippen LogP contribution in [0, 0.1) is 6.92 Å². The molecule has 0 atom stereocenters. The van der Waals surface area contributed by atoms with E-state index in [1.807, 2.05) is 48.7 Å². The van der Waals surface area contributed by atoms with Crippen LogP contribution in [0.3, 0.4) is 0 Å². The molecule has 1 amide bonds. The van der Waals surface area contributed by atoms with Crippen molar-refractivity contribution in [3.8, 4) is 11.1 Å². The average Bonchev–Trinajstić information content (AvgIpc) is 3.76. The zero-order valence-corrected chi connectivity index (χ0v) is 21.1. The fourth-order valence-corrected chi connectivity index (χ4v) is 5.13. The molecule has 2 N–H and O–H groups in total. The lowest BCUT2D eigenvalue weighted by Gasteiger charge is -2.16. The number of carbonyl (C=O) groups excluding carboxylic acids is 1. The summed E-state index contributed by atoms with van der Waals surface area (Å²) in [5.41, 5.74) is 7.34. The van der Waals surface area contributed by atoms with E-state index in [1.165, 1.54) is 11.1 Å². The van der Waals surface area contributed by atoms with Crippen molar-refractivity contribution in [3.63, 3.8) is 0 Å². The number of benzene rings is 3. The number of fused-ring (bicyclic) bond motifs is 1. The highest BCUT2D eigenvalue weighted by Crippen LogP contribution is 2.31. The summed E-state index contributed by atoms with van der Waals surface area (Å²) >= 11 is 0. The van der Waals surface area contributed by atoms with Crippen molar-refractivity contribution in [2.75, 3.05) is 13.1 Å². The molecule has 2 heterocycles. The molecule has 1 fully saturated rings. The van der Waals surface area contributed by atoms with Gasteiger partial charge in [0, 0.05) is 35.3 Å². The lowest BCUT2D eigenvalue weighted by Crippen LogP contribution is -2.25. The minimum absolute atomic E-state index is 0.00947. The normalized spacial score (nSPS) is 15.4. The van der Waals surface area contributed by atoms with Crippen molar-refractivity contribution >= 4 is 22.3 Å². The molecule has 2 aliphatic rings. The first-order valence-corrected chi connectivity index (χ1v) is 13.1. The second-order valence-electron chi connectivity index (χ2n) is 10.2. The van der Waals surface area contributed by atoms with Crippen molar-refractivity contribution in [1.29, 1.82) is 0 Å². The van der Waals surface area contributed by atoms with E-state index in [9.17, 15) is 9.59 Å². The number of nitrogens with one attached hydrogen (secondary N) is 2. The Kier molecular flexibility index (Phi) is 6.23. The highest BCUT2D eigenvalue weighted by atomic mass is 16.1. The zero-order valence-electron chi connectivity index (χ0n) is 21.1. The first kappa shape index (κ1) is 23.4. The number of hydrogen-bond acceptors (Lipinski definition) is 3. The van der Waals surface area contributed by atoms with E-state index >= 15 is 0 Å². The Hall–Kier alpha value is -3.96. The number of pyridine rings is 1. The van der Waals surface area contributed by atoms with Gasteiger partial charge in [-0.05, 0) is 84.1 Å². The van der Waals surface area contributed by atoms with E-state index < -0.39 is 0 Å². The van der Waals surface area contributed by atoms with Gasteiger partial charge in [-0.15, -0.1) is 0 Å². The molecule has 1 aliphatic carbocycles. The van der Waals surface area contributed by atoms with E-state index in [1.54, 1.807) is 4.57 Å². The molecule has 4 aromatic rings. The maximum Gasteiger partial charge on any atom is 0.258 e. The Morgan fingerprint density at radius 2 is 1.78 bits per heavy atom. The third-order valence-corrected chi connectivity index (χ3v) is 7.44. The maximum absolute atomic E-state index is 13.5. The molecule has 0 unspecified atom stereocenters. The second-order valence-corrected chi connectivity index (χ2v) is 10.2. The molecule has 0 saturated heterocycles. The quantitative estimate of drug-likeness (QED) is 0.387. The number of aromatic nitrogens is 1. The van der Waals surface area contributed by atoms with Gasteiger partial charge in [0.15, 0.2) is 0 Å². The van der Waals surface area contributed by atoms with Crippen LogP contribution in [-0.2, 0) is 6.54 Å². The van der Waals surface area contributed by atoms with Gasteiger partial charge in [-0.1, -0.05) is 54.6 Å². The van der Waals surface area contributed by atoms with E-state index in [2.05, 4.69) is 47.9 Å². The summed E-state index contributed by atoms with van der Waals surface area (Å²) in [5, 5.41) is 8.03. The van der Waals surface area contributed by atoms with E-state index in [-0.39, 0.29) is 11.5 Å². The van der Waals surface area contributed by atoms with Gasteiger partial charge in [0.05, 0.1) is 6.54 Å². The van der Waals surface area contributed by atoms with E-state index in [0.717, 1.165) is 60.0 Å². The third-order valence-electron chi connectivity index (χ3n) is 7.44. The van der Waals surface area contributed by atoms with Gasteiger partial charge in [-0.3, -0.25) is 9.59 Å².